The van der Waals surface area contributed by atoms with Gasteiger partial charge in [0.1, 0.15) is 0 Å². The number of nitrogens with zero attached hydrogens (tertiary/aromatic N) is 1. The van der Waals surface area contributed by atoms with Crippen LogP contribution in [0.2, 0.25) is 0 Å². The molecule has 0 amide bonds. The van der Waals surface area contributed by atoms with Crippen LogP contribution < -0.4 is 0 Å². The highest BCUT2D eigenvalue weighted by atomic mass is 32.2. The lowest BCUT2D eigenvalue weighted by molar-refractivity contribution is 0.102. The number of carbonyl (C=O) groups excluding carboxylic acids is 1. The third-order valence-electron chi connectivity index (χ3n) is 4.82. The fourth-order valence-corrected chi connectivity index (χ4v) is 3.95. The van der Waals surface area contributed by atoms with Gasteiger partial charge in [-0.15, -0.1) is 0 Å². The van der Waals surface area contributed by atoms with Gasteiger partial charge < -0.3 is 4.98 Å². The number of H-pyrrole nitrogens is 1. The van der Waals surface area contributed by atoms with Crippen LogP contribution in [0.3, 0.4) is 0 Å². The smallest absolute Gasteiger partial charge is 0.173 e. The van der Waals surface area contributed by atoms with Gasteiger partial charge in [0.25, 0.3) is 0 Å². The zero-order valence-electron chi connectivity index (χ0n) is 16.3. The maximum Gasteiger partial charge on any atom is 0.173 e. The Morgan fingerprint density at radius 1 is 0.862 bits per heavy atom. The predicted molar refractivity (Wildman–Crippen MR) is 120 cm³/mol. The van der Waals surface area contributed by atoms with Crippen LogP contribution in [0, 0.1) is 0 Å². The van der Waals surface area contributed by atoms with E-state index < -0.39 is 0 Å². The lowest BCUT2D eigenvalue weighted by Gasteiger charge is -2.02. The molecular formula is C25H22N2OS. The molecule has 0 bridgehead atoms. The average molecular weight is 399 g/mol. The standard InChI is InChI=1S/C25H22N2OS/c1-2-18-13-15-19(16-14-18)22(28)17-29-25-26-23(20-9-5-3-6-10-20)24(27-25)21-11-7-4-8-12-21/h3-16H,2,17H2,1H3,(H,26,27). The summed E-state index contributed by atoms with van der Waals surface area (Å²) in [4.78, 5) is 20.8. The van der Waals surface area contributed by atoms with Crippen molar-refractivity contribution in [3.63, 3.8) is 0 Å². The quantitative estimate of drug-likeness (QED) is 0.294. The van der Waals surface area contributed by atoms with Crippen LogP contribution in [-0.4, -0.2) is 21.5 Å². The fourth-order valence-electron chi connectivity index (χ4n) is 3.18. The summed E-state index contributed by atoms with van der Waals surface area (Å²) in [6.07, 6.45) is 0.972. The molecule has 1 N–H and O–H groups in total. The maximum absolute atomic E-state index is 12.6. The molecule has 1 aromatic heterocycles. The number of aryl methyl sites for hydroxylation is 1. The molecule has 0 spiro atoms. The molecule has 4 heteroatoms. The van der Waals surface area contributed by atoms with Gasteiger partial charge in [0.2, 0.25) is 0 Å². The summed E-state index contributed by atoms with van der Waals surface area (Å²) in [7, 11) is 0. The first kappa shape index (κ1) is 19.2. The van der Waals surface area contributed by atoms with Gasteiger partial charge in [0.15, 0.2) is 10.9 Å². The van der Waals surface area contributed by atoms with Gasteiger partial charge in [-0.25, -0.2) is 4.98 Å². The number of carbonyl (C=O) groups is 1. The first-order chi connectivity index (χ1) is 14.2. The highest BCUT2D eigenvalue weighted by molar-refractivity contribution is 7.99. The topological polar surface area (TPSA) is 45.8 Å². The Bertz CT molecular complexity index is 1030. The number of nitrogens with one attached hydrogen (secondary N) is 1. The number of ketones is 1. The van der Waals surface area contributed by atoms with E-state index in [-0.39, 0.29) is 5.78 Å². The van der Waals surface area contributed by atoms with E-state index in [1.54, 1.807) is 0 Å². The van der Waals surface area contributed by atoms with Crippen LogP contribution >= 0.6 is 11.8 Å². The van der Waals surface area contributed by atoms with Gasteiger partial charge in [-0.3, -0.25) is 4.79 Å². The van der Waals surface area contributed by atoms with Gasteiger partial charge in [0.05, 0.1) is 17.1 Å². The zero-order valence-corrected chi connectivity index (χ0v) is 17.1. The van der Waals surface area contributed by atoms with Crippen LogP contribution in [-0.2, 0) is 6.42 Å². The Kier molecular flexibility index (Phi) is 5.92. The Morgan fingerprint density at radius 3 is 2.10 bits per heavy atom. The van der Waals surface area contributed by atoms with E-state index in [1.807, 2.05) is 60.7 Å². The van der Waals surface area contributed by atoms with Crippen molar-refractivity contribution in [1.82, 2.24) is 9.97 Å². The Balaban J connectivity index is 1.58. The minimum Gasteiger partial charge on any atom is -0.332 e. The second-order valence-electron chi connectivity index (χ2n) is 6.76. The normalized spacial score (nSPS) is 10.8. The number of benzene rings is 3. The van der Waals surface area contributed by atoms with Gasteiger partial charge in [-0.1, -0.05) is 104 Å². The first-order valence-electron chi connectivity index (χ1n) is 9.70. The van der Waals surface area contributed by atoms with Gasteiger partial charge in [-0.2, -0.15) is 0 Å². The number of hydrogen-bond donors (Lipinski definition) is 1. The van der Waals surface area contributed by atoms with E-state index in [2.05, 4.69) is 36.2 Å². The second-order valence-corrected chi connectivity index (χ2v) is 7.72. The monoisotopic (exact) mass is 398 g/mol. The molecule has 0 aliphatic rings. The first-order valence-corrected chi connectivity index (χ1v) is 10.7. The molecule has 4 rings (SSSR count). The minimum absolute atomic E-state index is 0.108. The molecule has 0 unspecified atom stereocenters. The van der Waals surface area contributed by atoms with Gasteiger partial charge >= 0.3 is 0 Å². The number of Topliss-reactive ketones (excluding diaryl/α,β-unsaturated/α-hetero) is 1. The van der Waals surface area contributed by atoms with E-state index in [9.17, 15) is 4.79 Å². The molecule has 0 atom stereocenters. The summed E-state index contributed by atoms with van der Waals surface area (Å²) in [5, 5.41) is 0.751. The Labute approximate surface area is 175 Å². The predicted octanol–water partition coefficient (Wildman–Crippen LogP) is 6.28. The number of aromatic amines is 1. The van der Waals surface area contributed by atoms with Crippen molar-refractivity contribution < 1.29 is 4.79 Å². The summed E-state index contributed by atoms with van der Waals surface area (Å²) in [6, 6.07) is 28.1. The number of hydrogen-bond acceptors (Lipinski definition) is 3. The third-order valence-corrected chi connectivity index (χ3v) is 5.69. The Morgan fingerprint density at radius 2 is 1.48 bits per heavy atom. The highest BCUT2D eigenvalue weighted by Crippen LogP contribution is 2.32. The van der Waals surface area contributed by atoms with Crippen LogP contribution in [0.4, 0.5) is 0 Å². The van der Waals surface area contributed by atoms with Crippen molar-refractivity contribution >= 4 is 17.5 Å². The Hall–Kier alpha value is -3.11. The molecular weight excluding hydrogens is 376 g/mol. The molecule has 29 heavy (non-hydrogen) atoms. The summed E-state index contributed by atoms with van der Waals surface area (Å²) < 4.78 is 0. The molecule has 0 fully saturated rings. The van der Waals surface area contributed by atoms with Gasteiger partial charge in [0, 0.05) is 16.7 Å². The summed E-state index contributed by atoms with van der Waals surface area (Å²) in [6.45, 7) is 2.11. The van der Waals surface area contributed by atoms with E-state index in [0.717, 1.165) is 39.7 Å². The highest BCUT2D eigenvalue weighted by Gasteiger charge is 2.15. The molecule has 3 nitrogen and oxygen atoms in total. The molecule has 3 aromatic carbocycles. The zero-order chi connectivity index (χ0) is 20.1. The third kappa shape index (κ3) is 4.49. The van der Waals surface area contributed by atoms with Crippen molar-refractivity contribution in [2.24, 2.45) is 0 Å². The molecule has 144 valence electrons. The molecule has 4 aromatic rings. The summed E-state index contributed by atoms with van der Waals surface area (Å²) in [5.41, 5.74) is 5.98. The van der Waals surface area contributed by atoms with Crippen LogP contribution in [0.1, 0.15) is 22.8 Å². The fraction of sp³-hybridized carbons (Fsp3) is 0.120. The van der Waals surface area contributed by atoms with Crippen molar-refractivity contribution in [3.8, 4) is 22.5 Å². The molecule has 0 saturated carbocycles. The van der Waals surface area contributed by atoms with Crippen molar-refractivity contribution in [2.45, 2.75) is 18.5 Å². The second kappa shape index (κ2) is 8.93. The van der Waals surface area contributed by atoms with Gasteiger partial charge in [-0.05, 0) is 12.0 Å². The summed E-state index contributed by atoms with van der Waals surface area (Å²) in [5.74, 6) is 0.457. The average Bonchev–Trinajstić information content (AvgIpc) is 3.23. The lowest BCUT2D eigenvalue weighted by Crippen LogP contribution is -2.02. The van der Waals surface area contributed by atoms with Crippen LogP contribution in [0.15, 0.2) is 90.1 Å². The van der Waals surface area contributed by atoms with Crippen LogP contribution in [0.5, 0.6) is 0 Å². The number of thioether (sulfide) groups is 1. The summed E-state index contributed by atoms with van der Waals surface area (Å²) >= 11 is 1.44. The molecule has 0 aliphatic heterocycles. The van der Waals surface area contributed by atoms with E-state index in [4.69, 9.17) is 4.98 Å². The molecule has 0 radical (unpaired) electrons. The molecule has 0 aliphatic carbocycles. The van der Waals surface area contributed by atoms with Crippen molar-refractivity contribution in [1.29, 1.82) is 0 Å². The number of imidazole rings is 1. The van der Waals surface area contributed by atoms with E-state index in [0.29, 0.717) is 5.75 Å². The SMILES string of the molecule is CCc1ccc(C(=O)CSc2nc(-c3ccccc3)c(-c3ccccc3)[nH]2)cc1. The van der Waals surface area contributed by atoms with Crippen LogP contribution in [0.25, 0.3) is 22.5 Å². The number of aromatic nitrogens is 2. The molecule has 0 saturated heterocycles. The van der Waals surface area contributed by atoms with E-state index >= 15 is 0 Å². The van der Waals surface area contributed by atoms with E-state index in [1.165, 1.54) is 17.3 Å². The maximum atomic E-state index is 12.6. The number of rotatable bonds is 7. The molecule has 1 heterocycles. The lowest BCUT2D eigenvalue weighted by atomic mass is 10.1. The van der Waals surface area contributed by atoms with Crippen molar-refractivity contribution in [3.05, 3.63) is 96.1 Å². The largest absolute Gasteiger partial charge is 0.332 e. The minimum atomic E-state index is 0.108. The van der Waals surface area contributed by atoms with Crippen molar-refractivity contribution in [2.75, 3.05) is 5.75 Å².